The summed E-state index contributed by atoms with van der Waals surface area (Å²) < 4.78 is 11.5. The summed E-state index contributed by atoms with van der Waals surface area (Å²) in [5, 5.41) is 7.24. The van der Waals surface area contributed by atoms with Gasteiger partial charge in [0.1, 0.15) is 12.4 Å². The molecule has 0 bridgehead atoms. The Kier molecular flexibility index (Phi) is 5.46. The Hall–Kier alpha value is -2.66. The Morgan fingerprint density at radius 1 is 1.12 bits per heavy atom. The monoisotopic (exact) mass is 337 g/mol. The number of aryl methyl sites for hydroxylation is 1. The van der Waals surface area contributed by atoms with Gasteiger partial charge in [-0.2, -0.15) is 4.98 Å². The molecule has 1 atom stereocenters. The van der Waals surface area contributed by atoms with Crippen LogP contribution >= 0.6 is 0 Å². The van der Waals surface area contributed by atoms with Gasteiger partial charge in [-0.3, -0.25) is 0 Å². The number of para-hydroxylation sites is 1. The van der Waals surface area contributed by atoms with Gasteiger partial charge in [-0.25, -0.2) is 0 Å². The zero-order chi connectivity index (χ0) is 17.6. The highest BCUT2D eigenvalue weighted by molar-refractivity contribution is 5.62. The van der Waals surface area contributed by atoms with Crippen molar-refractivity contribution >= 4 is 0 Å². The van der Waals surface area contributed by atoms with Crippen LogP contribution in [0, 0.1) is 6.92 Å². The minimum absolute atomic E-state index is 0.290. The lowest BCUT2D eigenvalue weighted by Crippen LogP contribution is -2.24. The fourth-order valence-electron chi connectivity index (χ4n) is 2.52. The van der Waals surface area contributed by atoms with Crippen LogP contribution in [-0.2, 0) is 13.0 Å². The van der Waals surface area contributed by atoms with E-state index >= 15 is 0 Å². The van der Waals surface area contributed by atoms with Crippen molar-refractivity contribution < 1.29 is 9.26 Å². The van der Waals surface area contributed by atoms with Gasteiger partial charge < -0.3 is 14.6 Å². The number of rotatable bonds is 7. The smallest absolute Gasteiger partial charge is 0.261 e. The Morgan fingerprint density at radius 3 is 2.68 bits per heavy atom. The van der Waals surface area contributed by atoms with E-state index in [1.54, 1.807) is 0 Å². The maximum absolute atomic E-state index is 6.03. The maximum atomic E-state index is 6.03. The van der Waals surface area contributed by atoms with Crippen LogP contribution in [0.3, 0.4) is 0 Å². The van der Waals surface area contributed by atoms with Gasteiger partial charge in [0.2, 0.25) is 0 Å². The molecule has 130 valence electrons. The molecule has 1 N–H and O–H groups in total. The first kappa shape index (κ1) is 17.2. The Morgan fingerprint density at radius 2 is 1.88 bits per heavy atom. The zero-order valence-corrected chi connectivity index (χ0v) is 14.8. The van der Waals surface area contributed by atoms with E-state index in [0.717, 1.165) is 16.9 Å². The van der Waals surface area contributed by atoms with Crippen LogP contribution in [0.2, 0.25) is 0 Å². The van der Waals surface area contributed by atoms with Crippen molar-refractivity contribution in [2.24, 2.45) is 0 Å². The molecule has 0 spiro atoms. The number of benzene rings is 2. The van der Waals surface area contributed by atoms with Gasteiger partial charge in [0.05, 0.1) is 5.56 Å². The van der Waals surface area contributed by atoms with E-state index in [1.807, 2.05) is 43.4 Å². The third-order valence-corrected chi connectivity index (χ3v) is 4.21. The number of ether oxygens (including phenoxy) is 1. The molecule has 3 aromatic rings. The molecule has 5 nitrogen and oxygen atoms in total. The minimum atomic E-state index is 0.290. The lowest BCUT2D eigenvalue weighted by Gasteiger charge is -2.10. The Labute approximate surface area is 148 Å². The standard InChI is InChI=1S/C20H23N3O2/c1-14-8-4-5-9-16(14)13-24-18-11-7-6-10-17(18)20-22-19(23-25-20)12-15(2)21-3/h4-11,15,21H,12-13H2,1-3H3. The number of nitrogens with zero attached hydrogens (tertiary/aromatic N) is 2. The predicted octanol–water partition coefficient (Wildman–Crippen LogP) is 3.77. The molecule has 1 unspecified atom stereocenters. The first-order valence-electron chi connectivity index (χ1n) is 8.44. The highest BCUT2D eigenvalue weighted by atomic mass is 16.5. The van der Waals surface area contributed by atoms with Gasteiger partial charge >= 0.3 is 0 Å². The molecule has 25 heavy (non-hydrogen) atoms. The lowest BCUT2D eigenvalue weighted by molar-refractivity contribution is 0.305. The highest BCUT2D eigenvalue weighted by Crippen LogP contribution is 2.29. The summed E-state index contributed by atoms with van der Waals surface area (Å²) in [5.74, 6) is 1.91. The van der Waals surface area contributed by atoms with Gasteiger partial charge in [-0.1, -0.05) is 41.6 Å². The molecule has 3 rings (SSSR count). The van der Waals surface area contributed by atoms with Crippen molar-refractivity contribution in [2.75, 3.05) is 7.05 Å². The summed E-state index contributed by atoms with van der Waals surface area (Å²) in [6, 6.07) is 16.2. The lowest BCUT2D eigenvalue weighted by atomic mass is 10.1. The van der Waals surface area contributed by atoms with Crippen molar-refractivity contribution in [2.45, 2.75) is 32.9 Å². The molecule has 0 amide bonds. The molecular weight excluding hydrogens is 314 g/mol. The van der Waals surface area contributed by atoms with Crippen molar-refractivity contribution in [3.63, 3.8) is 0 Å². The van der Waals surface area contributed by atoms with E-state index in [1.165, 1.54) is 5.56 Å². The van der Waals surface area contributed by atoms with Crippen molar-refractivity contribution in [3.05, 3.63) is 65.5 Å². The second-order valence-electron chi connectivity index (χ2n) is 6.12. The molecular formula is C20H23N3O2. The van der Waals surface area contributed by atoms with E-state index in [4.69, 9.17) is 9.26 Å². The van der Waals surface area contributed by atoms with E-state index in [0.29, 0.717) is 24.7 Å². The van der Waals surface area contributed by atoms with E-state index in [9.17, 15) is 0 Å². The summed E-state index contributed by atoms with van der Waals surface area (Å²) in [6.07, 6.45) is 0.715. The van der Waals surface area contributed by atoms with Crippen LogP contribution < -0.4 is 10.1 Å². The van der Waals surface area contributed by atoms with E-state index in [2.05, 4.69) is 41.4 Å². The number of nitrogens with one attached hydrogen (secondary N) is 1. The number of likely N-dealkylation sites (N-methyl/N-ethyl adjacent to an activating group) is 1. The van der Waals surface area contributed by atoms with Crippen LogP contribution in [0.25, 0.3) is 11.5 Å². The summed E-state index contributed by atoms with van der Waals surface area (Å²) >= 11 is 0. The molecule has 0 aliphatic rings. The molecule has 1 aromatic heterocycles. The first-order valence-corrected chi connectivity index (χ1v) is 8.44. The molecule has 0 fully saturated rings. The molecule has 0 saturated heterocycles. The van der Waals surface area contributed by atoms with Crippen molar-refractivity contribution in [1.29, 1.82) is 0 Å². The van der Waals surface area contributed by atoms with Gasteiger partial charge in [-0.05, 0) is 44.2 Å². The van der Waals surface area contributed by atoms with Crippen molar-refractivity contribution in [1.82, 2.24) is 15.5 Å². The van der Waals surface area contributed by atoms with E-state index in [-0.39, 0.29) is 6.04 Å². The average molecular weight is 337 g/mol. The van der Waals surface area contributed by atoms with Gasteiger partial charge in [-0.15, -0.1) is 0 Å². The fourth-order valence-corrected chi connectivity index (χ4v) is 2.52. The Balaban J connectivity index is 1.78. The fraction of sp³-hybridized carbons (Fsp3) is 0.300. The summed E-state index contributed by atoms with van der Waals surface area (Å²) in [4.78, 5) is 4.50. The predicted molar refractivity (Wildman–Crippen MR) is 97.5 cm³/mol. The molecule has 5 heteroatoms. The third kappa shape index (κ3) is 4.25. The van der Waals surface area contributed by atoms with Crippen molar-refractivity contribution in [3.8, 4) is 17.2 Å². The second kappa shape index (κ2) is 7.94. The minimum Gasteiger partial charge on any atom is -0.488 e. The maximum Gasteiger partial charge on any atom is 0.261 e. The summed E-state index contributed by atoms with van der Waals surface area (Å²) in [7, 11) is 1.92. The average Bonchev–Trinajstić information content (AvgIpc) is 3.09. The largest absolute Gasteiger partial charge is 0.488 e. The van der Waals surface area contributed by atoms with Crippen LogP contribution in [0.5, 0.6) is 5.75 Å². The van der Waals surface area contributed by atoms with Crippen LogP contribution in [0.15, 0.2) is 53.1 Å². The topological polar surface area (TPSA) is 60.2 Å². The molecule has 0 aliphatic carbocycles. The molecule has 2 aromatic carbocycles. The van der Waals surface area contributed by atoms with Crippen LogP contribution in [-0.4, -0.2) is 23.2 Å². The SMILES string of the molecule is CNC(C)Cc1noc(-c2ccccc2OCc2ccccc2C)n1. The zero-order valence-electron chi connectivity index (χ0n) is 14.8. The van der Waals surface area contributed by atoms with E-state index < -0.39 is 0 Å². The molecule has 1 heterocycles. The summed E-state index contributed by atoms with van der Waals surface area (Å²) in [5.41, 5.74) is 3.18. The third-order valence-electron chi connectivity index (χ3n) is 4.21. The Bertz CT molecular complexity index is 829. The molecule has 0 radical (unpaired) electrons. The van der Waals surface area contributed by atoms with Gasteiger partial charge in [0, 0.05) is 12.5 Å². The number of hydrogen-bond acceptors (Lipinski definition) is 5. The quantitative estimate of drug-likeness (QED) is 0.711. The normalized spacial score (nSPS) is 12.1. The number of hydrogen-bond donors (Lipinski definition) is 1. The van der Waals surface area contributed by atoms with Crippen LogP contribution in [0.1, 0.15) is 23.9 Å². The highest BCUT2D eigenvalue weighted by Gasteiger charge is 2.15. The molecule has 0 saturated carbocycles. The second-order valence-corrected chi connectivity index (χ2v) is 6.12. The molecule has 0 aliphatic heterocycles. The first-order chi connectivity index (χ1) is 12.2. The summed E-state index contributed by atoms with van der Waals surface area (Å²) in [6.45, 7) is 4.66. The number of aromatic nitrogens is 2. The van der Waals surface area contributed by atoms with Gasteiger partial charge in [0.15, 0.2) is 5.82 Å². The van der Waals surface area contributed by atoms with Crippen LogP contribution in [0.4, 0.5) is 0 Å². The van der Waals surface area contributed by atoms with Gasteiger partial charge in [0.25, 0.3) is 5.89 Å².